The predicted octanol–water partition coefficient (Wildman–Crippen LogP) is 1.73. The van der Waals surface area contributed by atoms with Crippen LogP contribution >= 0.6 is 0 Å². The number of imidazole rings is 1. The Kier molecular flexibility index (Phi) is 4.23. The summed E-state index contributed by atoms with van der Waals surface area (Å²) in [6, 6.07) is 0.150. The molecular formula is C16H25N3O3. The predicted molar refractivity (Wildman–Crippen MR) is 81.8 cm³/mol. The molecule has 1 amide bonds. The highest BCUT2D eigenvalue weighted by molar-refractivity contribution is 5.93. The van der Waals surface area contributed by atoms with Gasteiger partial charge in [0.1, 0.15) is 11.5 Å². The van der Waals surface area contributed by atoms with Gasteiger partial charge in [-0.1, -0.05) is 0 Å². The Balaban J connectivity index is 1.71. The van der Waals surface area contributed by atoms with Gasteiger partial charge < -0.3 is 19.8 Å². The van der Waals surface area contributed by atoms with Crippen LogP contribution in [0.5, 0.6) is 0 Å². The number of ether oxygens (including phenoxy) is 2. The summed E-state index contributed by atoms with van der Waals surface area (Å²) in [6.07, 6.45) is 3.00. The number of nitrogens with zero attached hydrogens (tertiary/aromatic N) is 1. The van der Waals surface area contributed by atoms with Crippen LogP contribution < -0.4 is 5.32 Å². The molecule has 0 bridgehead atoms. The summed E-state index contributed by atoms with van der Waals surface area (Å²) in [6.45, 7) is 7.97. The van der Waals surface area contributed by atoms with Gasteiger partial charge in [-0.2, -0.15) is 0 Å². The molecule has 122 valence electrons. The van der Waals surface area contributed by atoms with Crippen LogP contribution in [0.15, 0.2) is 0 Å². The van der Waals surface area contributed by atoms with Crippen LogP contribution in [0.25, 0.3) is 0 Å². The zero-order chi connectivity index (χ0) is 15.7. The fourth-order valence-corrected chi connectivity index (χ4v) is 3.86. The molecule has 1 aromatic heterocycles. The van der Waals surface area contributed by atoms with Crippen molar-refractivity contribution in [2.75, 3.05) is 19.8 Å². The van der Waals surface area contributed by atoms with E-state index in [1.807, 2.05) is 20.8 Å². The maximum atomic E-state index is 12.5. The van der Waals surface area contributed by atoms with Gasteiger partial charge in [-0.25, -0.2) is 4.98 Å². The lowest BCUT2D eigenvalue weighted by Gasteiger charge is -2.57. The van der Waals surface area contributed by atoms with E-state index in [-0.39, 0.29) is 23.5 Å². The summed E-state index contributed by atoms with van der Waals surface area (Å²) < 4.78 is 11.4. The van der Waals surface area contributed by atoms with Crippen molar-refractivity contribution in [2.45, 2.75) is 52.2 Å². The molecule has 1 saturated heterocycles. The second-order valence-corrected chi connectivity index (χ2v) is 6.35. The zero-order valence-corrected chi connectivity index (χ0v) is 13.6. The fourth-order valence-electron chi connectivity index (χ4n) is 3.86. The highest BCUT2D eigenvalue weighted by Gasteiger charge is 2.56. The summed E-state index contributed by atoms with van der Waals surface area (Å²) in [5, 5.41) is 3.18. The molecule has 3 rings (SSSR count). The van der Waals surface area contributed by atoms with Gasteiger partial charge in [0.25, 0.3) is 5.91 Å². The smallest absolute Gasteiger partial charge is 0.271 e. The maximum absolute atomic E-state index is 12.5. The Hall–Kier alpha value is -1.40. The molecule has 2 N–H and O–H groups in total. The number of amides is 1. The number of rotatable bonds is 4. The lowest BCUT2D eigenvalue weighted by molar-refractivity contribution is -0.170. The molecule has 2 fully saturated rings. The third-order valence-electron chi connectivity index (χ3n) is 5.10. The average Bonchev–Trinajstić information content (AvgIpc) is 2.85. The second-order valence-electron chi connectivity index (χ2n) is 6.35. The molecule has 2 aliphatic rings. The quantitative estimate of drug-likeness (QED) is 0.888. The van der Waals surface area contributed by atoms with Crippen molar-refractivity contribution in [3.63, 3.8) is 0 Å². The van der Waals surface area contributed by atoms with Gasteiger partial charge in [-0.3, -0.25) is 4.79 Å². The molecule has 2 atom stereocenters. The molecule has 1 aliphatic carbocycles. The van der Waals surface area contributed by atoms with E-state index in [2.05, 4.69) is 15.3 Å². The second kappa shape index (κ2) is 6.01. The molecule has 6 nitrogen and oxygen atoms in total. The topological polar surface area (TPSA) is 76.2 Å². The number of nitrogens with one attached hydrogen (secondary N) is 2. The van der Waals surface area contributed by atoms with Gasteiger partial charge in [-0.05, 0) is 40.0 Å². The number of aromatic amines is 1. The molecule has 1 aliphatic heterocycles. The molecule has 1 saturated carbocycles. The first kappa shape index (κ1) is 15.5. The number of H-pyrrole nitrogens is 1. The van der Waals surface area contributed by atoms with Crippen molar-refractivity contribution in [3.05, 3.63) is 17.2 Å². The average molecular weight is 307 g/mol. The van der Waals surface area contributed by atoms with Gasteiger partial charge in [0, 0.05) is 37.0 Å². The maximum Gasteiger partial charge on any atom is 0.271 e. The number of aryl methyl sites for hydroxylation is 2. The molecule has 0 aromatic carbocycles. The largest absolute Gasteiger partial charge is 0.381 e. The summed E-state index contributed by atoms with van der Waals surface area (Å²) >= 11 is 0. The Bertz CT molecular complexity index is 549. The first-order chi connectivity index (χ1) is 10.6. The summed E-state index contributed by atoms with van der Waals surface area (Å²) in [4.78, 5) is 19.9. The highest BCUT2D eigenvalue weighted by atomic mass is 16.5. The lowest BCUT2D eigenvalue weighted by atomic mass is 9.57. The molecule has 2 heterocycles. The van der Waals surface area contributed by atoms with Crippen molar-refractivity contribution in [2.24, 2.45) is 5.41 Å². The first-order valence-corrected chi connectivity index (χ1v) is 8.10. The number of aromatic nitrogens is 2. The van der Waals surface area contributed by atoms with E-state index in [9.17, 15) is 4.79 Å². The fraction of sp³-hybridized carbons (Fsp3) is 0.750. The minimum absolute atomic E-state index is 0.0309. The Labute approximate surface area is 131 Å². The van der Waals surface area contributed by atoms with Gasteiger partial charge in [0.05, 0.1) is 6.10 Å². The number of hydrogen-bond donors (Lipinski definition) is 2. The van der Waals surface area contributed by atoms with Crippen LogP contribution in [0.1, 0.15) is 48.2 Å². The summed E-state index contributed by atoms with van der Waals surface area (Å²) in [5.74, 6) is 0.678. The van der Waals surface area contributed by atoms with Gasteiger partial charge in [-0.15, -0.1) is 0 Å². The van der Waals surface area contributed by atoms with E-state index in [0.717, 1.165) is 44.0 Å². The van der Waals surface area contributed by atoms with Gasteiger partial charge in [0.2, 0.25) is 0 Å². The Morgan fingerprint density at radius 1 is 1.45 bits per heavy atom. The van der Waals surface area contributed by atoms with Gasteiger partial charge >= 0.3 is 0 Å². The molecule has 0 radical (unpaired) electrons. The summed E-state index contributed by atoms with van der Waals surface area (Å²) in [7, 11) is 0. The van der Waals surface area contributed by atoms with Crippen LogP contribution in [-0.2, 0) is 9.47 Å². The van der Waals surface area contributed by atoms with E-state index in [0.29, 0.717) is 12.3 Å². The number of carbonyl (C=O) groups is 1. The van der Waals surface area contributed by atoms with Crippen molar-refractivity contribution in [1.29, 1.82) is 0 Å². The minimum Gasteiger partial charge on any atom is -0.381 e. The van der Waals surface area contributed by atoms with E-state index in [1.165, 1.54) is 0 Å². The molecule has 1 aromatic rings. The highest BCUT2D eigenvalue weighted by Crippen LogP contribution is 2.50. The van der Waals surface area contributed by atoms with Crippen LogP contribution in [0.4, 0.5) is 0 Å². The van der Waals surface area contributed by atoms with Crippen molar-refractivity contribution >= 4 is 5.91 Å². The third-order valence-corrected chi connectivity index (χ3v) is 5.10. The molecule has 22 heavy (non-hydrogen) atoms. The van der Waals surface area contributed by atoms with Crippen molar-refractivity contribution < 1.29 is 14.3 Å². The van der Waals surface area contributed by atoms with Crippen molar-refractivity contribution in [1.82, 2.24) is 15.3 Å². The monoisotopic (exact) mass is 307 g/mol. The lowest BCUT2D eigenvalue weighted by Crippen LogP contribution is -2.66. The Morgan fingerprint density at radius 2 is 2.18 bits per heavy atom. The summed E-state index contributed by atoms with van der Waals surface area (Å²) in [5.41, 5.74) is 1.35. The zero-order valence-electron chi connectivity index (χ0n) is 13.6. The van der Waals surface area contributed by atoms with Crippen LogP contribution in [0.2, 0.25) is 0 Å². The standard InChI is InChI=1S/C16H25N3O3/c1-4-22-13-9-12(16(13)5-7-21-8-6-16)19-15(20)14-10(2)17-11(3)18-14/h12-13H,4-9H2,1-3H3,(H,17,18)(H,19,20)/t12-,13-/m1/s1. The Morgan fingerprint density at radius 3 is 2.77 bits per heavy atom. The van der Waals surface area contributed by atoms with Crippen molar-refractivity contribution in [3.8, 4) is 0 Å². The minimum atomic E-state index is -0.0901. The SMILES string of the molecule is CCO[C@@H]1C[C@@H](NC(=O)c2nc(C)[nH]c2C)C12CCOCC2. The van der Waals surface area contributed by atoms with E-state index < -0.39 is 0 Å². The first-order valence-electron chi connectivity index (χ1n) is 8.10. The number of hydrogen-bond acceptors (Lipinski definition) is 4. The van der Waals surface area contributed by atoms with Crippen LogP contribution in [0, 0.1) is 19.3 Å². The van der Waals surface area contributed by atoms with E-state index >= 15 is 0 Å². The van der Waals surface area contributed by atoms with E-state index in [1.54, 1.807) is 0 Å². The number of carbonyl (C=O) groups excluding carboxylic acids is 1. The molecule has 0 unspecified atom stereocenters. The molecular weight excluding hydrogens is 282 g/mol. The van der Waals surface area contributed by atoms with E-state index in [4.69, 9.17) is 9.47 Å². The normalized spacial score (nSPS) is 26.7. The molecule has 6 heteroatoms. The third kappa shape index (κ3) is 2.54. The van der Waals surface area contributed by atoms with Crippen LogP contribution in [0.3, 0.4) is 0 Å². The molecule has 1 spiro atoms. The van der Waals surface area contributed by atoms with Crippen LogP contribution in [-0.4, -0.2) is 47.8 Å². The van der Waals surface area contributed by atoms with Gasteiger partial charge in [0.15, 0.2) is 0 Å².